The number of oxazole rings is 1. The summed E-state index contributed by atoms with van der Waals surface area (Å²) in [6.45, 7) is 0.726. The van der Waals surface area contributed by atoms with E-state index in [1.165, 1.54) is 0 Å². The largest absolute Gasteiger partial charge is 0.439 e. The predicted molar refractivity (Wildman–Crippen MR) is 151 cm³/mol. The summed E-state index contributed by atoms with van der Waals surface area (Å²) in [6, 6.07) is 11.3. The molecule has 13 heteroatoms. The van der Waals surface area contributed by atoms with Crippen molar-refractivity contribution in [1.82, 2.24) is 9.97 Å². The van der Waals surface area contributed by atoms with Crippen molar-refractivity contribution in [2.45, 2.75) is 50.6 Å². The number of pyridine rings is 1. The van der Waals surface area contributed by atoms with E-state index in [0.29, 0.717) is 62.2 Å². The number of aromatic nitrogens is 2. The number of nitriles is 1. The minimum atomic E-state index is -4.60. The minimum absolute atomic E-state index is 0.0626. The molecule has 0 bridgehead atoms. The van der Waals surface area contributed by atoms with Gasteiger partial charge in [-0.05, 0) is 49.9 Å². The van der Waals surface area contributed by atoms with E-state index in [4.69, 9.17) is 10.2 Å². The summed E-state index contributed by atoms with van der Waals surface area (Å²) in [5.74, 6) is -0.916. The zero-order valence-electron chi connectivity index (χ0n) is 23.2. The number of alkyl halides is 3. The van der Waals surface area contributed by atoms with E-state index in [2.05, 4.69) is 16.0 Å². The first-order valence-corrected chi connectivity index (χ1v) is 16.0. The summed E-state index contributed by atoms with van der Waals surface area (Å²) in [5.41, 5.74) is 4.66. The maximum atomic E-state index is 13.5. The minimum Gasteiger partial charge on any atom is -0.439 e. The molecule has 43 heavy (non-hydrogen) atoms. The van der Waals surface area contributed by atoms with Crippen molar-refractivity contribution in [3.63, 3.8) is 0 Å². The third-order valence-corrected chi connectivity index (χ3v) is 10.9. The number of halogens is 3. The Balaban J connectivity index is 1.47. The van der Waals surface area contributed by atoms with Crippen molar-refractivity contribution >= 4 is 21.4 Å². The zero-order chi connectivity index (χ0) is 30.6. The molecule has 3 aliphatic rings. The molecular weight excluding hydrogens is 583 g/mol. The van der Waals surface area contributed by atoms with Gasteiger partial charge in [0.1, 0.15) is 17.1 Å². The van der Waals surface area contributed by atoms with Crippen LogP contribution in [0.25, 0.3) is 22.8 Å². The first-order chi connectivity index (χ1) is 20.4. The number of rotatable bonds is 6. The van der Waals surface area contributed by atoms with E-state index in [1.807, 2.05) is 17.0 Å². The molecule has 6 rings (SSSR count). The Kier molecular flexibility index (Phi) is 7.03. The molecule has 2 atom stereocenters. The molecule has 1 saturated heterocycles. The molecular formula is C30H30F3N5O4S. The van der Waals surface area contributed by atoms with E-state index >= 15 is 0 Å². The van der Waals surface area contributed by atoms with Crippen LogP contribution in [0.1, 0.15) is 55.8 Å². The van der Waals surface area contributed by atoms with Gasteiger partial charge < -0.3 is 15.1 Å². The van der Waals surface area contributed by atoms with Gasteiger partial charge in [0.05, 0.1) is 34.0 Å². The highest BCUT2D eigenvalue weighted by Crippen LogP contribution is 2.68. The number of carbonyl (C=O) groups excluding carboxylic acids is 1. The van der Waals surface area contributed by atoms with Gasteiger partial charge in [-0.25, -0.2) is 13.4 Å². The Hall–Kier alpha value is -3.92. The molecule has 0 radical (unpaired) electrons. The van der Waals surface area contributed by atoms with Crippen LogP contribution in [0.2, 0.25) is 0 Å². The van der Waals surface area contributed by atoms with E-state index < -0.39 is 44.2 Å². The Morgan fingerprint density at radius 2 is 1.79 bits per heavy atom. The van der Waals surface area contributed by atoms with Crippen LogP contribution >= 0.6 is 0 Å². The van der Waals surface area contributed by atoms with Crippen LogP contribution in [0.15, 0.2) is 47.0 Å². The summed E-state index contributed by atoms with van der Waals surface area (Å²) in [6.07, 6.45) is -0.181. The van der Waals surface area contributed by atoms with Gasteiger partial charge in [0.15, 0.2) is 9.84 Å². The Morgan fingerprint density at radius 1 is 1.09 bits per heavy atom. The average molecular weight is 614 g/mol. The average Bonchev–Trinajstić information content (AvgIpc) is 3.68. The number of hydrogen-bond acceptors (Lipinski definition) is 8. The second-order valence-electron chi connectivity index (χ2n) is 11.7. The van der Waals surface area contributed by atoms with E-state index in [-0.39, 0.29) is 23.1 Å². The highest BCUT2D eigenvalue weighted by atomic mass is 32.2. The highest BCUT2D eigenvalue weighted by molar-refractivity contribution is 7.91. The number of anilines is 1. The number of benzene rings is 1. The summed E-state index contributed by atoms with van der Waals surface area (Å²) in [5, 5.41) is 10.2. The van der Waals surface area contributed by atoms with E-state index in [0.717, 1.165) is 30.4 Å². The molecule has 226 valence electrons. The maximum absolute atomic E-state index is 13.5. The fourth-order valence-electron chi connectivity index (χ4n) is 6.82. The molecule has 1 aromatic carbocycles. The van der Waals surface area contributed by atoms with Crippen LogP contribution in [-0.2, 0) is 20.8 Å². The molecule has 0 spiro atoms. The molecule has 2 N–H and O–H groups in total. The second-order valence-corrected chi connectivity index (χ2v) is 14.0. The Bertz CT molecular complexity index is 1700. The summed E-state index contributed by atoms with van der Waals surface area (Å²) in [4.78, 5) is 24.0. The molecule has 3 heterocycles. The SMILES string of the molecule is N#CC1(C2(C(N)=O)CCCCC2c2oc(-c3cc(C(F)(F)F)ccn3)nc2-c2ccc(N3CCS(=O)(=O)CC3)cc2)CC1. The monoisotopic (exact) mass is 613 g/mol. The first-order valence-electron chi connectivity index (χ1n) is 14.2. The van der Waals surface area contributed by atoms with Gasteiger partial charge in [-0.3, -0.25) is 9.78 Å². The zero-order valence-corrected chi connectivity index (χ0v) is 24.0. The standard InChI is InChI=1S/C30H30F3N5O4S/c31-30(32,33)20-8-12-36-23(17-20)26-37-24(19-4-6-21(7-5-19)38-13-15-43(40,41)16-14-38)25(42-26)22-3-1-2-9-29(22,27(35)39)28(18-34)10-11-28/h4-8,12,17,22H,1-3,9-11,13-16H2,(H2,35,39). The molecule has 1 aliphatic heterocycles. The third-order valence-electron chi connectivity index (χ3n) is 9.29. The lowest BCUT2D eigenvalue weighted by Crippen LogP contribution is -2.50. The Labute approximate surface area is 246 Å². The summed E-state index contributed by atoms with van der Waals surface area (Å²) < 4.78 is 70.6. The normalized spacial score (nSPS) is 24.7. The first kappa shape index (κ1) is 29.2. The van der Waals surface area contributed by atoms with Gasteiger partial charge in [0.25, 0.3) is 0 Å². The molecule has 3 fully saturated rings. The smallest absolute Gasteiger partial charge is 0.416 e. The molecule has 2 saturated carbocycles. The van der Waals surface area contributed by atoms with Gasteiger partial charge in [-0.2, -0.15) is 18.4 Å². The number of hydrogen-bond donors (Lipinski definition) is 1. The fraction of sp³-hybridized carbons (Fsp3) is 0.467. The second kappa shape index (κ2) is 10.4. The van der Waals surface area contributed by atoms with E-state index in [1.54, 1.807) is 12.1 Å². The number of nitrogens with zero attached hydrogens (tertiary/aromatic N) is 4. The predicted octanol–water partition coefficient (Wildman–Crippen LogP) is 5.09. The van der Waals surface area contributed by atoms with Gasteiger partial charge in [-0.15, -0.1) is 0 Å². The van der Waals surface area contributed by atoms with Gasteiger partial charge in [-0.1, -0.05) is 25.0 Å². The molecule has 2 unspecified atom stereocenters. The lowest BCUT2D eigenvalue weighted by atomic mass is 9.56. The summed E-state index contributed by atoms with van der Waals surface area (Å²) >= 11 is 0. The third kappa shape index (κ3) is 5.05. The van der Waals surface area contributed by atoms with Crippen LogP contribution in [0.4, 0.5) is 18.9 Å². The van der Waals surface area contributed by atoms with Crippen molar-refractivity contribution in [2.75, 3.05) is 29.5 Å². The number of carbonyl (C=O) groups is 1. The van der Waals surface area contributed by atoms with Crippen molar-refractivity contribution < 1.29 is 30.8 Å². The van der Waals surface area contributed by atoms with Crippen molar-refractivity contribution in [3.8, 4) is 28.9 Å². The van der Waals surface area contributed by atoms with Crippen LogP contribution in [0, 0.1) is 22.2 Å². The topological polar surface area (TPSA) is 143 Å². The van der Waals surface area contributed by atoms with Crippen molar-refractivity contribution in [2.24, 2.45) is 16.6 Å². The lowest BCUT2D eigenvalue weighted by molar-refractivity contribution is -0.137. The molecule has 1 amide bonds. The number of sulfone groups is 1. The van der Waals surface area contributed by atoms with Crippen LogP contribution in [-0.4, -0.2) is 48.9 Å². The van der Waals surface area contributed by atoms with Crippen molar-refractivity contribution in [1.29, 1.82) is 5.26 Å². The molecule has 2 aromatic heterocycles. The van der Waals surface area contributed by atoms with Crippen LogP contribution in [0.3, 0.4) is 0 Å². The quantitative estimate of drug-likeness (QED) is 0.405. The fourth-order valence-corrected chi connectivity index (χ4v) is 8.02. The lowest BCUT2D eigenvalue weighted by Gasteiger charge is -2.44. The molecule has 9 nitrogen and oxygen atoms in total. The van der Waals surface area contributed by atoms with Crippen LogP contribution < -0.4 is 10.6 Å². The highest BCUT2D eigenvalue weighted by Gasteiger charge is 2.67. The number of primary amides is 1. The van der Waals surface area contributed by atoms with Gasteiger partial charge in [0, 0.05) is 36.5 Å². The van der Waals surface area contributed by atoms with Crippen molar-refractivity contribution in [3.05, 3.63) is 53.9 Å². The van der Waals surface area contributed by atoms with Crippen LogP contribution in [0.5, 0.6) is 0 Å². The summed E-state index contributed by atoms with van der Waals surface area (Å²) in [7, 11) is -3.06. The number of nitrogens with two attached hydrogens (primary N) is 1. The van der Waals surface area contributed by atoms with E-state index in [9.17, 15) is 31.6 Å². The maximum Gasteiger partial charge on any atom is 0.416 e. The van der Waals surface area contributed by atoms with Gasteiger partial charge >= 0.3 is 6.18 Å². The molecule has 3 aromatic rings. The Morgan fingerprint density at radius 3 is 2.40 bits per heavy atom. The molecule has 2 aliphatic carbocycles. The number of amides is 1. The van der Waals surface area contributed by atoms with Gasteiger partial charge in [0.2, 0.25) is 11.8 Å².